The van der Waals surface area contributed by atoms with Gasteiger partial charge in [-0.15, -0.1) is 0 Å². The van der Waals surface area contributed by atoms with Crippen LogP contribution in [-0.4, -0.2) is 34.5 Å². The number of carboxylic acid groups (broad SMARTS) is 1. The van der Waals surface area contributed by atoms with Crippen molar-refractivity contribution >= 4 is 11.9 Å². The zero-order valence-corrected chi connectivity index (χ0v) is 9.97. The minimum Gasteiger partial charge on any atom is -0.481 e. The molecule has 3 fully saturated rings. The van der Waals surface area contributed by atoms with E-state index in [-0.39, 0.29) is 11.8 Å². The van der Waals surface area contributed by atoms with E-state index < -0.39 is 11.9 Å². The van der Waals surface area contributed by atoms with Crippen molar-refractivity contribution in [3.63, 3.8) is 0 Å². The third-order valence-electron chi connectivity index (χ3n) is 4.72. The first kappa shape index (κ1) is 11.1. The average Bonchev–Trinajstić information content (AvgIpc) is 3.02. The fourth-order valence-corrected chi connectivity index (χ4v) is 3.63. The molecule has 0 aromatic heterocycles. The summed E-state index contributed by atoms with van der Waals surface area (Å²) in [6, 6.07) is 0.422. The van der Waals surface area contributed by atoms with Crippen molar-refractivity contribution in [2.24, 2.45) is 17.8 Å². The number of aliphatic carboxylic acids is 1. The first-order valence-corrected chi connectivity index (χ1v) is 6.72. The summed E-state index contributed by atoms with van der Waals surface area (Å²) in [6.07, 6.45) is 6.58. The van der Waals surface area contributed by atoms with E-state index in [1.54, 1.807) is 0 Å². The van der Waals surface area contributed by atoms with E-state index >= 15 is 0 Å². The molecule has 1 heterocycles. The molecule has 4 nitrogen and oxygen atoms in total. The number of nitrogens with zero attached hydrogens (tertiary/aromatic N) is 1. The highest BCUT2D eigenvalue weighted by atomic mass is 16.4. The van der Waals surface area contributed by atoms with E-state index in [4.69, 9.17) is 5.11 Å². The van der Waals surface area contributed by atoms with E-state index in [9.17, 15) is 9.59 Å². The van der Waals surface area contributed by atoms with Crippen molar-refractivity contribution in [3.05, 3.63) is 0 Å². The SMILES string of the molecule is O=C(O)[C@H]1C[C@H]1C(=O)N1CCC2CCCCC21. The number of rotatable bonds is 2. The van der Waals surface area contributed by atoms with E-state index in [0.29, 0.717) is 18.4 Å². The number of hydrogen-bond acceptors (Lipinski definition) is 2. The smallest absolute Gasteiger partial charge is 0.307 e. The number of hydrogen-bond donors (Lipinski definition) is 1. The average molecular weight is 237 g/mol. The molecule has 3 aliphatic rings. The highest BCUT2D eigenvalue weighted by Crippen LogP contribution is 2.44. The molecule has 0 bridgehead atoms. The highest BCUT2D eigenvalue weighted by molar-refractivity contribution is 5.89. The number of carbonyl (C=O) groups excluding carboxylic acids is 1. The van der Waals surface area contributed by atoms with Crippen LogP contribution in [0.15, 0.2) is 0 Å². The molecule has 4 atom stereocenters. The maximum atomic E-state index is 12.2. The Bertz CT molecular complexity index is 355. The van der Waals surface area contributed by atoms with Crippen LogP contribution < -0.4 is 0 Å². The molecule has 0 aromatic rings. The van der Waals surface area contributed by atoms with Crippen LogP contribution in [0.5, 0.6) is 0 Å². The zero-order chi connectivity index (χ0) is 12.0. The maximum absolute atomic E-state index is 12.2. The van der Waals surface area contributed by atoms with Crippen LogP contribution in [-0.2, 0) is 9.59 Å². The Labute approximate surface area is 101 Å². The minimum absolute atomic E-state index is 0.117. The molecule has 2 aliphatic carbocycles. The first-order valence-electron chi connectivity index (χ1n) is 6.72. The molecular weight excluding hydrogens is 218 g/mol. The molecule has 0 spiro atoms. The van der Waals surface area contributed by atoms with E-state index in [1.165, 1.54) is 19.3 Å². The van der Waals surface area contributed by atoms with Gasteiger partial charge in [0.25, 0.3) is 0 Å². The number of likely N-dealkylation sites (tertiary alicyclic amines) is 1. The zero-order valence-electron chi connectivity index (χ0n) is 9.97. The van der Waals surface area contributed by atoms with Gasteiger partial charge in [0, 0.05) is 12.6 Å². The molecule has 4 heteroatoms. The van der Waals surface area contributed by atoms with Gasteiger partial charge in [-0.05, 0) is 31.6 Å². The van der Waals surface area contributed by atoms with Crippen LogP contribution in [0.3, 0.4) is 0 Å². The summed E-state index contributed by atoms with van der Waals surface area (Å²) in [5, 5.41) is 8.88. The summed E-state index contributed by atoms with van der Waals surface area (Å²) in [7, 11) is 0. The van der Waals surface area contributed by atoms with Crippen LogP contribution in [0.4, 0.5) is 0 Å². The largest absolute Gasteiger partial charge is 0.481 e. The quantitative estimate of drug-likeness (QED) is 0.791. The van der Waals surface area contributed by atoms with Crippen molar-refractivity contribution in [1.29, 1.82) is 0 Å². The molecule has 0 radical (unpaired) electrons. The summed E-state index contributed by atoms with van der Waals surface area (Å²) in [5.74, 6) is -0.609. The van der Waals surface area contributed by atoms with Gasteiger partial charge in [0.2, 0.25) is 5.91 Å². The fraction of sp³-hybridized carbons (Fsp3) is 0.846. The van der Waals surface area contributed by atoms with E-state index in [0.717, 1.165) is 19.4 Å². The van der Waals surface area contributed by atoms with Gasteiger partial charge >= 0.3 is 5.97 Å². The van der Waals surface area contributed by atoms with Crippen molar-refractivity contribution < 1.29 is 14.7 Å². The maximum Gasteiger partial charge on any atom is 0.307 e. The third kappa shape index (κ3) is 1.83. The van der Waals surface area contributed by atoms with Crippen molar-refractivity contribution in [2.45, 2.75) is 44.6 Å². The monoisotopic (exact) mass is 237 g/mol. The number of carboxylic acids is 1. The van der Waals surface area contributed by atoms with Gasteiger partial charge in [-0.25, -0.2) is 0 Å². The normalized spacial score (nSPS) is 39.9. The fourth-order valence-electron chi connectivity index (χ4n) is 3.63. The summed E-state index contributed by atoms with van der Waals surface area (Å²) in [4.78, 5) is 25.0. The lowest BCUT2D eigenvalue weighted by molar-refractivity contribution is -0.142. The lowest BCUT2D eigenvalue weighted by atomic mass is 9.85. The Balaban J connectivity index is 1.65. The van der Waals surface area contributed by atoms with Crippen molar-refractivity contribution in [2.75, 3.05) is 6.54 Å². The van der Waals surface area contributed by atoms with Gasteiger partial charge in [-0.1, -0.05) is 12.8 Å². The van der Waals surface area contributed by atoms with Crippen molar-refractivity contribution in [3.8, 4) is 0 Å². The molecule has 0 aromatic carbocycles. The Hall–Kier alpha value is -1.06. The molecule has 94 valence electrons. The Morgan fingerprint density at radius 2 is 1.82 bits per heavy atom. The molecule has 17 heavy (non-hydrogen) atoms. The third-order valence-corrected chi connectivity index (χ3v) is 4.72. The standard InChI is InChI=1S/C13H19NO3/c15-12(9-7-10(9)13(16)17)14-6-5-8-3-1-2-4-11(8)14/h8-11H,1-7H2,(H,16,17)/t8?,9-,10+,11?/m1/s1. The second-order valence-electron chi connectivity index (χ2n) is 5.72. The van der Waals surface area contributed by atoms with E-state index in [2.05, 4.69) is 0 Å². The number of fused-ring (bicyclic) bond motifs is 1. The van der Waals surface area contributed by atoms with Gasteiger partial charge in [-0.2, -0.15) is 0 Å². The predicted octanol–water partition coefficient (Wildman–Crippen LogP) is 1.50. The summed E-state index contributed by atoms with van der Waals surface area (Å²) in [5.41, 5.74) is 0. The van der Waals surface area contributed by atoms with Crippen LogP contribution >= 0.6 is 0 Å². The van der Waals surface area contributed by atoms with Gasteiger partial charge in [0.15, 0.2) is 0 Å². The van der Waals surface area contributed by atoms with Gasteiger partial charge in [-0.3, -0.25) is 9.59 Å². The Morgan fingerprint density at radius 3 is 2.53 bits per heavy atom. The van der Waals surface area contributed by atoms with Gasteiger partial charge < -0.3 is 10.0 Å². The molecule has 3 rings (SSSR count). The van der Waals surface area contributed by atoms with Crippen LogP contribution in [0.2, 0.25) is 0 Å². The Morgan fingerprint density at radius 1 is 1.06 bits per heavy atom. The second-order valence-corrected chi connectivity index (χ2v) is 5.72. The number of carbonyl (C=O) groups is 2. The van der Waals surface area contributed by atoms with Crippen LogP contribution in [0.1, 0.15) is 38.5 Å². The molecule has 2 saturated carbocycles. The van der Waals surface area contributed by atoms with Crippen LogP contribution in [0.25, 0.3) is 0 Å². The second kappa shape index (κ2) is 4.00. The summed E-state index contributed by atoms with van der Waals surface area (Å²) in [6.45, 7) is 0.858. The van der Waals surface area contributed by atoms with E-state index in [1.807, 2.05) is 4.90 Å². The van der Waals surface area contributed by atoms with Gasteiger partial charge in [0.1, 0.15) is 0 Å². The molecule has 1 saturated heterocycles. The molecule has 1 N–H and O–H groups in total. The van der Waals surface area contributed by atoms with Crippen molar-refractivity contribution in [1.82, 2.24) is 4.90 Å². The minimum atomic E-state index is -0.803. The summed E-state index contributed by atoms with van der Waals surface area (Å²) < 4.78 is 0. The first-order chi connectivity index (χ1) is 8.18. The molecule has 1 amide bonds. The lowest BCUT2D eigenvalue weighted by Crippen LogP contribution is -2.40. The van der Waals surface area contributed by atoms with Crippen LogP contribution in [0, 0.1) is 17.8 Å². The van der Waals surface area contributed by atoms with Gasteiger partial charge in [0.05, 0.1) is 11.8 Å². The number of amides is 1. The molecule has 1 aliphatic heterocycles. The topological polar surface area (TPSA) is 57.6 Å². The molecular formula is C13H19NO3. The predicted molar refractivity (Wildman–Crippen MR) is 61.3 cm³/mol. The Kier molecular flexibility index (Phi) is 2.60. The summed E-state index contributed by atoms with van der Waals surface area (Å²) >= 11 is 0. The highest BCUT2D eigenvalue weighted by Gasteiger charge is 2.52. The molecule has 2 unspecified atom stereocenters. The lowest BCUT2D eigenvalue weighted by Gasteiger charge is -2.31.